The maximum atomic E-state index is 13.6. The first-order valence-corrected chi connectivity index (χ1v) is 5.78. The Morgan fingerprint density at radius 2 is 2.06 bits per heavy atom. The highest BCUT2D eigenvalue weighted by Crippen LogP contribution is 2.31. The minimum absolute atomic E-state index is 0.291. The van der Waals surface area contributed by atoms with Crippen molar-refractivity contribution in [3.63, 3.8) is 0 Å². The standard InChI is InChI=1S/C12H11BrFN3/c1-17(11-5-3-2-4-10(11)14)12-9(13)6-8(15)7-16-12/h2-7H,15H2,1H3. The molecule has 0 aliphatic carbocycles. The second kappa shape index (κ2) is 4.71. The van der Waals surface area contributed by atoms with Gasteiger partial charge in [-0.15, -0.1) is 0 Å². The van der Waals surface area contributed by atoms with E-state index in [0.717, 1.165) is 4.47 Å². The van der Waals surface area contributed by atoms with Crippen molar-refractivity contribution >= 4 is 33.1 Å². The Morgan fingerprint density at radius 1 is 1.35 bits per heavy atom. The minimum atomic E-state index is -0.291. The summed E-state index contributed by atoms with van der Waals surface area (Å²) >= 11 is 3.36. The Hall–Kier alpha value is -1.62. The van der Waals surface area contributed by atoms with Crippen LogP contribution in [0.15, 0.2) is 41.0 Å². The molecule has 3 nitrogen and oxygen atoms in total. The maximum absolute atomic E-state index is 13.6. The number of hydrogen-bond acceptors (Lipinski definition) is 3. The van der Waals surface area contributed by atoms with Gasteiger partial charge in [0.15, 0.2) is 0 Å². The lowest BCUT2D eigenvalue weighted by Crippen LogP contribution is -2.13. The molecule has 0 unspecified atom stereocenters. The van der Waals surface area contributed by atoms with E-state index in [1.807, 2.05) is 0 Å². The molecular weight excluding hydrogens is 285 g/mol. The molecule has 0 saturated carbocycles. The zero-order valence-corrected chi connectivity index (χ0v) is 10.8. The van der Waals surface area contributed by atoms with Crippen LogP contribution in [0.5, 0.6) is 0 Å². The van der Waals surface area contributed by atoms with E-state index in [1.165, 1.54) is 12.3 Å². The summed E-state index contributed by atoms with van der Waals surface area (Å²) in [7, 11) is 1.75. The van der Waals surface area contributed by atoms with Gasteiger partial charge in [0.05, 0.1) is 22.0 Å². The van der Waals surface area contributed by atoms with E-state index in [0.29, 0.717) is 17.2 Å². The van der Waals surface area contributed by atoms with Crippen LogP contribution in [0.25, 0.3) is 0 Å². The Balaban J connectivity index is 2.44. The van der Waals surface area contributed by atoms with Crippen molar-refractivity contribution in [2.24, 2.45) is 0 Å². The Bertz CT molecular complexity index is 545. The summed E-state index contributed by atoms with van der Waals surface area (Å²) in [5.41, 5.74) is 6.63. The minimum Gasteiger partial charge on any atom is -0.397 e. The lowest BCUT2D eigenvalue weighted by atomic mass is 10.3. The summed E-state index contributed by atoms with van der Waals surface area (Å²) in [6.07, 6.45) is 1.54. The van der Waals surface area contributed by atoms with Crippen LogP contribution in [0.2, 0.25) is 0 Å². The molecule has 0 saturated heterocycles. The van der Waals surface area contributed by atoms with Gasteiger partial charge in [-0.25, -0.2) is 9.37 Å². The smallest absolute Gasteiger partial charge is 0.147 e. The number of nitrogen functional groups attached to an aromatic ring is 1. The summed E-state index contributed by atoms with van der Waals surface area (Å²) in [4.78, 5) is 5.85. The highest BCUT2D eigenvalue weighted by atomic mass is 79.9. The molecule has 1 heterocycles. The number of rotatable bonds is 2. The topological polar surface area (TPSA) is 42.2 Å². The summed E-state index contributed by atoms with van der Waals surface area (Å²) in [6, 6.07) is 8.27. The number of benzene rings is 1. The molecule has 5 heteroatoms. The van der Waals surface area contributed by atoms with E-state index < -0.39 is 0 Å². The van der Waals surface area contributed by atoms with E-state index in [4.69, 9.17) is 5.73 Å². The number of nitrogens with two attached hydrogens (primary N) is 1. The van der Waals surface area contributed by atoms with Crippen molar-refractivity contribution < 1.29 is 4.39 Å². The molecule has 1 aromatic heterocycles. The third kappa shape index (κ3) is 2.39. The molecular formula is C12H11BrFN3. The van der Waals surface area contributed by atoms with Crippen LogP contribution in [0, 0.1) is 5.82 Å². The van der Waals surface area contributed by atoms with E-state index in [2.05, 4.69) is 20.9 Å². The van der Waals surface area contributed by atoms with Gasteiger partial charge in [-0.3, -0.25) is 0 Å². The SMILES string of the molecule is CN(c1ccccc1F)c1ncc(N)cc1Br. The number of anilines is 3. The third-order valence-corrected chi connectivity index (χ3v) is 2.96. The molecule has 0 bridgehead atoms. The van der Waals surface area contributed by atoms with Crippen molar-refractivity contribution in [1.82, 2.24) is 4.98 Å². The lowest BCUT2D eigenvalue weighted by molar-refractivity contribution is 0.627. The number of halogens is 2. The summed E-state index contributed by atoms with van der Waals surface area (Å²) in [5, 5.41) is 0. The predicted octanol–water partition coefficient (Wildman–Crippen LogP) is 3.33. The van der Waals surface area contributed by atoms with Crippen LogP contribution >= 0.6 is 15.9 Å². The second-order valence-corrected chi connectivity index (χ2v) is 4.44. The monoisotopic (exact) mass is 295 g/mol. The number of pyridine rings is 1. The number of para-hydroxylation sites is 1. The van der Waals surface area contributed by atoms with E-state index in [-0.39, 0.29) is 5.82 Å². The highest BCUT2D eigenvalue weighted by Gasteiger charge is 2.12. The van der Waals surface area contributed by atoms with Crippen molar-refractivity contribution in [2.75, 3.05) is 17.7 Å². The quantitative estimate of drug-likeness (QED) is 0.924. The summed E-state index contributed by atoms with van der Waals surface area (Å²) in [5.74, 6) is 0.324. The first kappa shape index (κ1) is 11.9. The number of nitrogens with zero attached hydrogens (tertiary/aromatic N) is 2. The average molecular weight is 296 g/mol. The molecule has 0 fully saturated rings. The lowest BCUT2D eigenvalue weighted by Gasteiger charge is -2.20. The van der Waals surface area contributed by atoms with Gasteiger partial charge in [-0.1, -0.05) is 12.1 Å². The van der Waals surface area contributed by atoms with Crippen molar-refractivity contribution in [2.45, 2.75) is 0 Å². The molecule has 2 rings (SSSR count). The summed E-state index contributed by atoms with van der Waals surface area (Å²) in [6.45, 7) is 0. The van der Waals surface area contributed by atoms with Crippen molar-refractivity contribution in [3.05, 3.63) is 46.8 Å². The fourth-order valence-electron chi connectivity index (χ4n) is 1.53. The molecule has 1 aromatic carbocycles. The normalized spacial score (nSPS) is 10.3. The van der Waals surface area contributed by atoms with Crippen LogP contribution < -0.4 is 10.6 Å². The fourth-order valence-corrected chi connectivity index (χ4v) is 2.16. The summed E-state index contributed by atoms with van der Waals surface area (Å²) < 4.78 is 14.4. The van der Waals surface area contributed by atoms with Crippen LogP contribution in [0.1, 0.15) is 0 Å². The predicted molar refractivity (Wildman–Crippen MR) is 70.8 cm³/mol. The molecule has 2 aromatic rings. The van der Waals surface area contributed by atoms with E-state index >= 15 is 0 Å². The molecule has 0 radical (unpaired) electrons. The van der Waals surface area contributed by atoms with Gasteiger partial charge >= 0.3 is 0 Å². The van der Waals surface area contributed by atoms with E-state index in [1.54, 1.807) is 36.2 Å². The van der Waals surface area contributed by atoms with Gasteiger partial charge in [0, 0.05) is 7.05 Å². The largest absolute Gasteiger partial charge is 0.397 e. The Labute approximate surface area is 107 Å². The van der Waals surface area contributed by atoms with Gasteiger partial charge in [0.25, 0.3) is 0 Å². The van der Waals surface area contributed by atoms with Gasteiger partial charge in [-0.05, 0) is 34.1 Å². The van der Waals surface area contributed by atoms with Gasteiger partial charge in [0.2, 0.25) is 0 Å². The Kier molecular flexibility index (Phi) is 3.28. The fraction of sp³-hybridized carbons (Fsp3) is 0.0833. The molecule has 17 heavy (non-hydrogen) atoms. The highest BCUT2D eigenvalue weighted by molar-refractivity contribution is 9.10. The van der Waals surface area contributed by atoms with Crippen LogP contribution in [0.3, 0.4) is 0 Å². The molecule has 0 amide bonds. The third-order valence-electron chi connectivity index (χ3n) is 2.37. The zero-order chi connectivity index (χ0) is 12.4. The number of aromatic nitrogens is 1. The van der Waals surface area contributed by atoms with Gasteiger partial charge in [-0.2, -0.15) is 0 Å². The average Bonchev–Trinajstić information content (AvgIpc) is 2.29. The van der Waals surface area contributed by atoms with Crippen LogP contribution in [0.4, 0.5) is 21.6 Å². The molecule has 0 spiro atoms. The Morgan fingerprint density at radius 3 is 2.71 bits per heavy atom. The first-order chi connectivity index (χ1) is 8.09. The van der Waals surface area contributed by atoms with Gasteiger partial charge in [0.1, 0.15) is 11.6 Å². The molecule has 0 atom stereocenters. The number of hydrogen-bond donors (Lipinski definition) is 1. The first-order valence-electron chi connectivity index (χ1n) is 4.99. The zero-order valence-electron chi connectivity index (χ0n) is 9.19. The molecule has 88 valence electrons. The second-order valence-electron chi connectivity index (χ2n) is 3.58. The molecule has 2 N–H and O–H groups in total. The van der Waals surface area contributed by atoms with E-state index in [9.17, 15) is 4.39 Å². The van der Waals surface area contributed by atoms with Gasteiger partial charge < -0.3 is 10.6 Å². The molecule has 0 aliphatic rings. The van der Waals surface area contributed by atoms with Crippen molar-refractivity contribution in [3.8, 4) is 0 Å². The molecule has 0 aliphatic heterocycles. The van der Waals surface area contributed by atoms with Crippen molar-refractivity contribution in [1.29, 1.82) is 0 Å². The van der Waals surface area contributed by atoms with Crippen LogP contribution in [-0.2, 0) is 0 Å². The maximum Gasteiger partial charge on any atom is 0.147 e. The van der Waals surface area contributed by atoms with Crippen LogP contribution in [-0.4, -0.2) is 12.0 Å².